The monoisotopic (exact) mass is 247 g/mol. The maximum absolute atomic E-state index is 6.04. The van der Waals surface area contributed by atoms with Gasteiger partial charge in [0.15, 0.2) is 0 Å². The zero-order valence-electron chi connectivity index (χ0n) is 11.8. The molecule has 1 aliphatic carbocycles. The van der Waals surface area contributed by atoms with Crippen LogP contribution < -0.4 is 5.73 Å². The number of hydrogen-bond donors (Lipinski definition) is 1. The zero-order valence-corrected chi connectivity index (χ0v) is 11.8. The minimum Gasteiger partial charge on any atom is -0.376 e. The average molecular weight is 247 g/mol. The summed E-state index contributed by atoms with van der Waals surface area (Å²) in [4.78, 5) is 0. The van der Waals surface area contributed by atoms with E-state index < -0.39 is 0 Å². The van der Waals surface area contributed by atoms with E-state index in [1.54, 1.807) is 0 Å². The van der Waals surface area contributed by atoms with Crippen LogP contribution >= 0.6 is 0 Å². The first-order valence-corrected chi connectivity index (χ1v) is 6.85. The van der Waals surface area contributed by atoms with Crippen molar-refractivity contribution >= 4 is 0 Å². The van der Waals surface area contributed by atoms with Crippen molar-refractivity contribution in [2.75, 3.05) is 13.2 Å². The number of benzene rings is 1. The third-order valence-corrected chi connectivity index (χ3v) is 3.85. The molecule has 1 aliphatic rings. The largest absolute Gasteiger partial charge is 0.376 e. The molecule has 0 aliphatic heterocycles. The molecule has 0 aromatic heterocycles. The first-order valence-electron chi connectivity index (χ1n) is 6.85. The Kier molecular flexibility index (Phi) is 3.79. The molecule has 2 rings (SSSR count). The Morgan fingerprint density at radius 1 is 1.17 bits per heavy atom. The second kappa shape index (κ2) is 5.02. The first-order chi connectivity index (χ1) is 8.44. The van der Waals surface area contributed by atoms with Crippen molar-refractivity contribution in [3.05, 3.63) is 35.4 Å². The second-order valence-electron chi connectivity index (χ2n) is 6.54. The molecule has 0 unspecified atom stereocenters. The van der Waals surface area contributed by atoms with Gasteiger partial charge in [-0.05, 0) is 63.1 Å². The molecular weight excluding hydrogens is 222 g/mol. The van der Waals surface area contributed by atoms with Crippen LogP contribution in [0.15, 0.2) is 24.3 Å². The highest BCUT2D eigenvalue weighted by molar-refractivity contribution is 5.34. The predicted molar refractivity (Wildman–Crippen MR) is 75.7 cm³/mol. The molecule has 1 aromatic carbocycles. The fraction of sp³-hybridized carbons (Fsp3) is 0.625. The van der Waals surface area contributed by atoms with Gasteiger partial charge in [-0.2, -0.15) is 0 Å². The Bertz CT molecular complexity index is 381. The Hall–Kier alpha value is -0.860. The van der Waals surface area contributed by atoms with E-state index in [-0.39, 0.29) is 11.0 Å². The summed E-state index contributed by atoms with van der Waals surface area (Å²) in [7, 11) is 0. The third kappa shape index (κ3) is 3.12. The molecule has 2 nitrogen and oxygen atoms in total. The van der Waals surface area contributed by atoms with Crippen LogP contribution in [0.3, 0.4) is 0 Å². The van der Waals surface area contributed by atoms with Gasteiger partial charge in [-0.1, -0.05) is 24.3 Å². The Labute approximate surface area is 111 Å². The quantitative estimate of drug-likeness (QED) is 0.888. The molecule has 0 saturated carbocycles. The van der Waals surface area contributed by atoms with Gasteiger partial charge in [0, 0.05) is 6.61 Å². The van der Waals surface area contributed by atoms with Crippen LogP contribution in [0, 0.1) is 5.41 Å². The van der Waals surface area contributed by atoms with Gasteiger partial charge in [-0.3, -0.25) is 0 Å². The molecule has 0 fully saturated rings. The number of ether oxygens (including phenoxy) is 1. The third-order valence-electron chi connectivity index (χ3n) is 3.85. The lowest BCUT2D eigenvalue weighted by molar-refractivity contribution is -0.0171. The summed E-state index contributed by atoms with van der Waals surface area (Å²) in [6.07, 6.45) is 3.26. The normalized spacial score (nSPS) is 17.8. The smallest absolute Gasteiger partial charge is 0.0598 e. The molecule has 0 radical (unpaired) electrons. The number of hydrogen-bond acceptors (Lipinski definition) is 2. The van der Waals surface area contributed by atoms with Crippen LogP contribution in [-0.2, 0) is 17.6 Å². The summed E-state index contributed by atoms with van der Waals surface area (Å²) in [5.41, 5.74) is 9.15. The summed E-state index contributed by atoms with van der Waals surface area (Å²) in [6.45, 7) is 7.85. The van der Waals surface area contributed by atoms with E-state index in [4.69, 9.17) is 10.5 Å². The molecule has 0 heterocycles. The van der Waals surface area contributed by atoms with Crippen LogP contribution in [-0.4, -0.2) is 18.8 Å². The fourth-order valence-corrected chi connectivity index (χ4v) is 2.77. The SMILES string of the molecule is CC(C)(C)OCCC1(CN)Cc2ccccc2C1. The van der Waals surface area contributed by atoms with E-state index in [1.165, 1.54) is 11.1 Å². The van der Waals surface area contributed by atoms with Crippen LogP contribution in [0.1, 0.15) is 38.3 Å². The maximum Gasteiger partial charge on any atom is 0.0598 e. The van der Waals surface area contributed by atoms with Crippen LogP contribution in [0.2, 0.25) is 0 Å². The molecule has 2 heteroatoms. The number of rotatable bonds is 4. The highest BCUT2D eigenvalue weighted by Gasteiger charge is 2.35. The molecular formula is C16H25NO. The predicted octanol–water partition coefficient (Wildman–Crippen LogP) is 2.94. The fourth-order valence-electron chi connectivity index (χ4n) is 2.77. The topological polar surface area (TPSA) is 35.2 Å². The highest BCUT2D eigenvalue weighted by Crippen LogP contribution is 2.39. The van der Waals surface area contributed by atoms with Crippen molar-refractivity contribution in [1.29, 1.82) is 0 Å². The Morgan fingerprint density at radius 3 is 2.17 bits per heavy atom. The number of fused-ring (bicyclic) bond motifs is 1. The van der Waals surface area contributed by atoms with Crippen LogP contribution in [0.25, 0.3) is 0 Å². The van der Waals surface area contributed by atoms with E-state index in [0.717, 1.165) is 32.4 Å². The van der Waals surface area contributed by atoms with Gasteiger partial charge in [0.25, 0.3) is 0 Å². The standard InChI is InChI=1S/C16H25NO/c1-15(2,3)18-9-8-16(12-17)10-13-6-4-5-7-14(13)11-16/h4-7H,8-12,17H2,1-3H3. The Balaban J connectivity index is 1.98. The first kappa shape index (κ1) is 13.6. The van der Waals surface area contributed by atoms with Crippen molar-refractivity contribution in [1.82, 2.24) is 0 Å². The van der Waals surface area contributed by atoms with Crippen molar-refractivity contribution in [3.63, 3.8) is 0 Å². The lowest BCUT2D eigenvalue weighted by atomic mass is 9.82. The zero-order chi connectivity index (χ0) is 13.2. The summed E-state index contributed by atoms with van der Waals surface area (Å²) in [5.74, 6) is 0. The van der Waals surface area contributed by atoms with E-state index in [2.05, 4.69) is 45.0 Å². The minimum atomic E-state index is -0.0543. The molecule has 1 aromatic rings. The van der Waals surface area contributed by atoms with Gasteiger partial charge in [0.2, 0.25) is 0 Å². The van der Waals surface area contributed by atoms with Crippen molar-refractivity contribution in [3.8, 4) is 0 Å². The van der Waals surface area contributed by atoms with E-state index in [1.807, 2.05) is 0 Å². The number of nitrogens with two attached hydrogens (primary N) is 1. The molecule has 0 spiro atoms. The van der Waals surface area contributed by atoms with Crippen LogP contribution in [0.5, 0.6) is 0 Å². The summed E-state index contributed by atoms with van der Waals surface area (Å²) >= 11 is 0. The average Bonchev–Trinajstić information content (AvgIpc) is 2.66. The van der Waals surface area contributed by atoms with Crippen molar-refractivity contribution in [2.45, 2.75) is 45.6 Å². The van der Waals surface area contributed by atoms with E-state index in [9.17, 15) is 0 Å². The van der Waals surface area contributed by atoms with Gasteiger partial charge in [-0.15, -0.1) is 0 Å². The lowest BCUT2D eigenvalue weighted by Gasteiger charge is -2.29. The minimum absolute atomic E-state index is 0.0543. The molecule has 0 saturated heterocycles. The summed E-state index contributed by atoms with van der Waals surface area (Å²) in [5, 5.41) is 0. The van der Waals surface area contributed by atoms with Gasteiger partial charge in [0.05, 0.1) is 5.60 Å². The molecule has 100 valence electrons. The molecule has 0 amide bonds. The van der Waals surface area contributed by atoms with Gasteiger partial charge in [-0.25, -0.2) is 0 Å². The second-order valence-corrected chi connectivity index (χ2v) is 6.54. The molecule has 2 N–H and O–H groups in total. The summed E-state index contributed by atoms with van der Waals surface area (Å²) in [6, 6.07) is 8.71. The molecule has 0 atom stereocenters. The van der Waals surface area contributed by atoms with Crippen molar-refractivity contribution in [2.24, 2.45) is 11.1 Å². The highest BCUT2D eigenvalue weighted by atomic mass is 16.5. The van der Waals surface area contributed by atoms with Gasteiger partial charge in [0.1, 0.15) is 0 Å². The summed E-state index contributed by atoms with van der Waals surface area (Å²) < 4.78 is 5.86. The van der Waals surface area contributed by atoms with Crippen LogP contribution in [0.4, 0.5) is 0 Å². The maximum atomic E-state index is 6.04. The van der Waals surface area contributed by atoms with Gasteiger partial charge < -0.3 is 10.5 Å². The van der Waals surface area contributed by atoms with Crippen molar-refractivity contribution < 1.29 is 4.74 Å². The van der Waals surface area contributed by atoms with Gasteiger partial charge >= 0.3 is 0 Å². The molecule has 0 bridgehead atoms. The van der Waals surface area contributed by atoms with E-state index in [0.29, 0.717) is 0 Å². The molecule has 18 heavy (non-hydrogen) atoms. The van der Waals surface area contributed by atoms with E-state index >= 15 is 0 Å². The lowest BCUT2D eigenvalue weighted by Crippen LogP contribution is -2.34. The Morgan fingerprint density at radius 2 is 1.72 bits per heavy atom.